The highest BCUT2D eigenvalue weighted by molar-refractivity contribution is 5.34. The molecule has 2 saturated heterocycles. The van der Waals surface area contributed by atoms with Crippen molar-refractivity contribution in [2.75, 3.05) is 45.8 Å². The quantitative estimate of drug-likeness (QED) is 0.311. The van der Waals surface area contributed by atoms with E-state index in [-0.39, 0.29) is 6.10 Å². The Labute approximate surface area is 230 Å². The minimum atomic E-state index is 0.287. The van der Waals surface area contributed by atoms with Gasteiger partial charge >= 0.3 is 0 Å². The number of para-hydroxylation sites is 1. The van der Waals surface area contributed by atoms with Crippen molar-refractivity contribution in [3.63, 3.8) is 0 Å². The first-order valence-corrected chi connectivity index (χ1v) is 14.7. The monoisotopic (exact) mass is 511 g/mol. The first-order chi connectivity index (χ1) is 18.7. The molecule has 202 valence electrons. The molecule has 2 fully saturated rings. The molecule has 5 rings (SSSR count). The summed E-state index contributed by atoms with van der Waals surface area (Å²) in [4.78, 5) is 5.22. The fraction of sp³-hybridized carbons (Fsp3) is 0.471. The average Bonchev–Trinajstić information content (AvgIpc) is 2.97. The van der Waals surface area contributed by atoms with Crippen molar-refractivity contribution in [1.82, 2.24) is 15.1 Å². The second kappa shape index (κ2) is 13.9. The van der Waals surface area contributed by atoms with Gasteiger partial charge in [-0.25, -0.2) is 0 Å². The van der Waals surface area contributed by atoms with E-state index in [1.54, 1.807) is 0 Å². The molecule has 2 aliphatic heterocycles. The molecule has 3 aromatic rings. The van der Waals surface area contributed by atoms with Gasteiger partial charge in [0.15, 0.2) is 0 Å². The summed E-state index contributed by atoms with van der Waals surface area (Å²) >= 11 is 0. The molecular formula is C34H45N3O. The predicted octanol–water partition coefficient (Wildman–Crippen LogP) is 6.18. The molecule has 0 bridgehead atoms. The number of nitrogens with one attached hydrogen (secondary N) is 1. The normalized spacial score (nSPS) is 18.2. The third-order valence-corrected chi connectivity index (χ3v) is 8.44. The van der Waals surface area contributed by atoms with Crippen LogP contribution >= 0.6 is 0 Å². The van der Waals surface area contributed by atoms with Crippen molar-refractivity contribution >= 4 is 0 Å². The number of hydrogen-bond donors (Lipinski definition) is 1. The van der Waals surface area contributed by atoms with Crippen molar-refractivity contribution in [1.29, 1.82) is 0 Å². The summed E-state index contributed by atoms with van der Waals surface area (Å²) in [5.74, 6) is 2.34. The summed E-state index contributed by atoms with van der Waals surface area (Å²) in [7, 11) is 0. The van der Waals surface area contributed by atoms with Crippen LogP contribution in [0, 0.1) is 5.92 Å². The molecule has 0 saturated carbocycles. The fourth-order valence-electron chi connectivity index (χ4n) is 5.93. The lowest BCUT2D eigenvalue weighted by Crippen LogP contribution is -2.40. The lowest BCUT2D eigenvalue weighted by molar-refractivity contribution is 0.0979. The van der Waals surface area contributed by atoms with Gasteiger partial charge in [0.2, 0.25) is 0 Å². The Morgan fingerprint density at radius 2 is 1.32 bits per heavy atom. The van der Waals surface area contributed by atoms with Gasteiger partial charge in [0.25, 0.3) is 0 Å². The first-order valence-electron chi connectivity index (χ1n) is 14.7. The second-order valence-electron chi connectivity index (χ2n) is 11.3. The maximum atomic E-state index is 6.59. The van der Waals surface area contributed by atoms with Crippen LogP contribution in [0.3, 0.4) is 0 Å². The van der Waals surface area contributed by atoms with Crippen LogP contribution in [0.5, 0.6) is 5.75 Å². The van der Waals surface area contributed by atoms with E-state index in [9.17, 15) is 0 Å². The molecule has 1 N–H and O–H groups in total. The van der Waals surface area contributed by atoms with Crippen LogP contribution < -0.4 is 10.1 Å². The van der Waals surface area contributed by atoms with E-state index in [0.29, 0.717) is 5.92 Å². The van der Waals surface area contributed by atoms with Crippen molar-refractivity contribution in [2.45, 2.75) is 51.2 Å². The second-order valence-corrected chi connectivity index (χ2v) is 11.3. The van der Waals surface area contributed by atoms with Gasteiger partial charge in [-0.05, 0) is 61.9 Å². The topological polar surface area (TPSA) is 27.7 Å². The Morgan fingerprint density at radius 3 is 1.97 bits per heavy atom. The lowest BCUT2D eigenvalue weighted by atomic mass is 9.90. The van der Waals surface area contributed by atoms with Crippen LogP contribution in [0.2, 0.25) is 0 Å². The number of piperidine rings is 2. The van der Waals surface area contributed by atoms with Crippen LogP contribution in [0.4, 0.5) is 0 Å². The smallest absolute Gasteiger partial charge is 0.124 e. The maximum absolute atomic E-state index is 6.59. The number of likely N-dealkylation sites (tertiary alicyclic amines) is 2. The standard InChI is InChI=1S/C34H45N3O/c1-28-16-21-36(22-17-28)25-20-35-26-31-14-8-9-15-34(31)38-32-18-23-37(24-19-32)27-33(29-10-4-2-5-11-29)30-12-6-3-7-13-30/h2-15,28,32-33,35H,16-27H2,1H3. The highest BCUT2D eigenvalue weighted by atomic mass is 16.5. The van der Waals surface area contributed by atoms with E-state index in [4.69, 9.17) is 4.74 Å². The predicted molar refractivity (Wildman–Crippen MR) is 158 cm³/mol. The zero-order chi connectivity index (χ0) is 26.0. The van der Waals surface area contributed by atoms with E-state index in [2.05, 4.69) is 107 Å². The molecule has 3 aromatic carbocycles. The molecule has 2 aliphatic rings. The van der Waals surface area contributed by atoms with Gasteiger partial charge in [0.05, 0.1) is 0 Å². The molecule has 38 heavy (non-hydrogen) atoms. The summed E-state index contributed by atoms with van der Waals surface area (Å²) in [6.07, 6.45) is 5.12. The summed E-state index contributed by atoms with van der Waals surface area (Å²) in [5.41, 5.74) is 4.07. The Bertz CT molecular complexity index is 1030. The zero-order valence-corrected chi connectivity index (χ0v) is 23.1. The molecule has 2 heterocycles. The van der Waals surface area contributed by atoms with Crippen LogP contribution in [-0.2, 0) is 6.54 Å². The molecule has 0 unspecified atom stereocenters. The SMILES string of the molecule is CC1CCN(CCNCc2ccccc2OC2CCN(CC(c3ccccc3)c3ccccc3)CC2)CC1. The van der Waals surface area contributed by atoms with Gasteiger partial charge < -0.3 is 19.9 Å². The number of nitrogens with zero attached hydrogens (tertiary/aromatic N) is 2. The van der Waals surface area contributed by atoms with E-state index >= 15 is 0 Å². The van der Waals surface area contributed by atoms with Crippen LogP contribution in [0.1, 0.15) is 55.2 Å². The highest BCUT2D eigenvalue weighted by Crippen LogP contribution is 2.28. The number of benzene rings is 3. The van der Waals surface area contributed by atoms with Crippen molar-refractivity contribution in [3.8, 4) is 5.75 Å². The molecule has 4 nitrogen and oxygen atoms in total. The summed E-state index contributed by atoms with van der Waals surface area (Å²) in [6, 6.07) is 30.5. The van der Waals surface area contributed by atoms with Gasteiger partial charge in [-0.1, -0.05) is 85.8 Å². The molecule has 0 radical (unpaired) electrons. The molecule has 4 heteroatoms. The van der Waals surface area contributed by atoms with Gasteiger partial charge in [-0.15, -0.1) is 0 Å². The molecule has 0 spiro atoms. The maximum Gasteiger partial charge on any atom is 0.124 e. The first kappa shape index (κ1) is 26.9. The average molecular weight is 512 g/mol. The largest absolute Gasteiger partial charge is 0.490 e. The minimum absolute atomic E-state index is 0.287. The Morgan fingerprint density at radius 1 is 0.737 bits per heavy atom. The summed E-state index contributed by atoms with van der Waals surface area (Å²) in [5, 5.41) is 3.67. The lowest BCUT2D eigenvalue weighted by Gasteiger charge is -2.35. The third-order valence-electron chi connectivity index (χ3n) is 8.44. The Kier molecular flexibility index (Phi) is 9.87. The van der Waals surface area contributed by atoms with E-state index in [1.807, 2.05) is 0 Å². The van der Waals surface area contributed by atoms with E-state index in [1.165, 1.54) is 42.6 Å². The van der Waals surface area contributed by atoms with Gasteiger partial charge in [0.1, 0.15) is 11.9 Å². The molecule has 0 amide bonds. The fourth-order valence-corrected chi connectivity index (χ4v) is 5.93. The van der Waals surface area contributed by atoms with Crippen LogP contribution in [0.25, 0.3) is 0 Å². The Hall–Kier alpha value is -2.66. The molecular weight excluding hydrogens is 466 g/mol. The molecule has 0 aromatic heterocycles. The number of hydrogen-bond acceptors (Lipinski definition) is 4. The van der Waals surface area contributed by atoms with Gasteiger partial charge in [0, 0.05) is 50.7 Å². The van der Waals surface area contributed by atoms with Crippen LogP contribution in [-0.4, -0.2) is 61.7 Å². The zero-order valence-electron chi connectivity index (χ0n) is 23.1. The van der Waals surface area contributed by atoms with Crippen molar-refractivity contribution < 1.29 is 4.74 Å². The van der Waals surface area contributed by atoms with Crippen molar-refractivity contribution in [2.24, 2.45) is 5.92 Å². The third kappa shape index (κ3) is 7.69. The van der Waals surface area contributed by atoms with E-state index < -0.39 is 0 Å². The molecule has 0 aliphatic carbocycles. The summed E-state index contributed by atoms with van der Waals surface area (Å²) in [6.45, 7) is 11.1. The van der Waals surface area contributed by atoms with Crippen LogP contribution in [0.15, 0.2) is 84.9 Å². The Balaban J connectivity index is 1.10. The minimum Gasteiger partial charge on any atom is -0.490 e. The number of rotatable bonds is 11. The number of ether oxygens (including phenoxy) is 1. The highest BCUT2D eigenvalue weighted by Gasteiger charge is 2.25. The van der Waals surface area contributed by atoms with E-state index in [0.717, 1.165) is 63.8 Å². The summed E-state index contributed by atoms with van der Waals surface area (Å²) < 4.78 is 6.59. The molecule has 0 atom stereocenters. The van der Waals surface area contributed by atoms with Crippen molar-refractivity contribution in [3.05, 3.63) is 102 Å². The van der Waals surface area contributed by atoms with Gasteiger partial charge in [-0.3, -0.25) is 0 Å². The van der Waals surface area contributed by atoms with Gasteiger partial charge in [-0.2, -0.15) is 0 Å².